The molecule has 2 rings (SSSR count). The van der Waals surface area contributed by atoms with E-state index in [9.17, 15) is 9.90 Å². The van der Waals surface area contributed by atoms with Gasteiger partial charge in [-0.1, -0.05) is 6.07 Å². The van der Waals surface area contributed by atoms with Crippen molar-refractivity contribution in [2.24, 2.45) is 0 Å². The maximum absolute atomic E-state index is 11.1. The molecule has 1 aromatic carbocycles. The van der Waals surface area contributed by atoms with Gasteiger partial charge in [0.15, 0.2) is 0 Å². The van der Waals surface area contributed by atoms with Crippen LogP contribution in [0.3, 0.4) is 0 Å². The molecule has 1 aromatic rings. The Hall–Kier alpha value is -1.55. The van der Waals surface area contributed by atoms with E-state index < -0.39 is 12.1 Å². The lowest BCUT2D eigenvalue weighted by Crippen LogP contribution is -2.07. The molecule has 0 amide bonds. The second kappa shape index (κ2) is 3.55. The molecule has 1 aliphatic carbocycles. The molecule has 4 nitrogen and oxygen atoms in total. The van der Waals surface area contributed by atoms with Crippen molar-refractivity contribution in [2.45, 2.75) is 18.9 Å². The van der Waals surface area contributed by atoms with E-state index in [4.69, 9.17) is 9.84 Å². The molecule has 15 heavy (non-hydrogen) atoms. The highest BCUT2D eigenvalue weighted by molar-refractivity contribution is 5.93. The number of ether oxygens (including phenoxy) is 1. The predicted molar refractivity (Wildman–Crippen MR) is 53.2 cm³/mol. The molecule has 1 atom stereocenters. The molecule has 80 valence electrons. The summed E-state index contributed by atoms with van der Waals surface area (Å²) in [6.07, 6.45) is 0.630. The number of aliphatic hydroxyl groups is 1. The van der Waals surface area contributed by atoms with Crippen LogP contribution in [0.5, 0.6) is 5.75 Å². The van der Waals surface area contributed by atoms with Crippen molar-refractivity contribution in [1.82, 2.24) is 0 Å². The maximum Gasteiger partial charge on any atom is 0.339 e. The largest absolute Gasteiger partial charge is 0.496 e. The van der Waals surface area contributed by atoms with Gasteiger partial charge in [0.05, 0.1) is 13.2 Å². The Balaban J connectivity index is 2.66. The highest BCUT2D eigenvalue weighted by atomic mass is 16.5. The zero-order valence-corrected chi connectivity index (χ0v) is 8.36. The van der Waals surface area contributed by atoms with Crippen molar-refractivity contribution >= 4 is 5.97 Å². The van der Waals surface area contributed by atoms with E-state index in [0.717, 1.165) is 12.0 Å². The summed E-state index contributed by atoms with van der Waals surface area (Å²) in [6.45, 7) is 0. The number of aliphatic hydroxyl groups excluding tert-OH is 1. The molecule has 2 N–H and O–H groups in total. The van der Waals surface area contributed by atoms with Crippen molar-refractivity contribution < 1.29 is 19.7 Å². The van der Waals surface area contributed by atoms with E-state index in [1.165, 1.54) is 7.11 Å². The summed E-state index contributed by atoms with van der Waals surface area (Å²) in [7, 11) is 1.43. The minimum absolute atomic E-state index is 0.0972. The molecular formula is C11H12O4. The number of hydrogen-bond acceptors (Lipinski definition) is 3. The van der Waals surface area contributed by atoms with E-state index in [1.807, 2.05) is 6.07 Å². The molecule has 4 heteroatoms. The summed E-state index contributed by atoms with van der Waals surface area (Å²) in [5.74, 6) is -0.744. The molecular weight excluding hydrogens is 196 g/mol. The van der Waals surface area contributed by atoms with Crippen LogP contribution >= 0.6 is 0 Å². The third-order valence-electron chi connectivity index (χ3n) is 2.75. The predicted octanol–water partition coefficient (Wildman–Crippen LogP) is 1.37. The quantitative estimate of drug-likeness (QED) is 0.770. The van der Waals surface area contributed by atoms with Gasteiger partial charge in [-0.05, 0) is 24.5 Å². The van der Waals surface area contributed by atoms with Gasteiger partial charge < -0.3 is 14.9 Å². The number of hydrogen-bond donors (Lipinski definition) is 2. The number of rotatable bonds is 2. The normalized spacial score (nSPS) is 18.7. The van der Waals surface area contributed by atoms with Gasteiger partial charge in [0.1, 0.15) is 11.3 Å². The topological polar surface area (TPSA) is 66.8 Å². The highest BCUT2D eigenvalue weighted by Gasteiger charge is 2.28. The van der Waals surface area contributed by atoms with Gasteiger partial charge in [-0.25, -0.2) is 4.79 Å². The Labute approximate surface area is 87.1 Å². The van der Waals surface area contributed by atoms with Crippen LogP contribution < -0.4 is 4.74 Å². The molecule has 0 bridgehead atoms. The molecule has 0 saturated heterocycles. The second-order valence-corrected chi connectivity index (χ2v) is 3.58. The molecule has 0 aliphatic heterocycles. The minimum Gasteiger partial charge on any atom is -0.496 e. The van der Waals surface area contributed by atoms with Gasteiger partial charge in [0.2, 0.25) is 0 Å². The molecule has 0 saturated carbocycles. The second-order valence-electron chi connectivity index (χ2n) is 3.58. The zero-order chi connectivity index (χ0) is 11.0. The Kier molecular flexibility index (Phi) is 2.36. The van der Waals surface area contributed by atoms with E-state index in [0.29, 0.717) is 17.7 Å². The monoisotopic (exact) mass is 208 g/mol. The van der Waals surface area contributed by atoms with Gasteiger partial charge in [0.25, 0.3) is 0 Å². The lowest BCUT2D eigenvalue weighted by atomic mass is 10.0. The maximum atomic E-state index is 11.1. The number of aryl methyl sites for hydroxylation is 1. The van der Waals surface area contributed by atoms with E-state index in [2.05, 4.69) is 0 Å². The third kappa shape index (κ3) is 1.47. The first-order chi connectivity index (χ1) is 7.15. The van der Waals surface area contributed by atoms with Crippen LogP contribution in [0.25, 0.3) is 0 Å². The molecule has 0 aromatic heterocycles. The fraction of sp³-hybridized carbons (Fsp3) is 0.364. The Morgan fingerprint density at radius 1 is 1.53 bits per heavy atom. The van der Waals surface area contributed by atoms with Gasteiger partial charge in [-0.3, -0.25) is 0 Å². The number of carboxylic acid groups (broad SMARTS) is 1. The van der Waals surface area contributed by atoms with E-state index >= 15 is 0 Å². The van der Waals surface area contributed by atoms with Crippen molar-refractivity contribution in [3.05, 3.63) is 28.8 Å². The van der Waals surface area contributed by atoms with E-state index in [1.54, 1.807) is 6.07 Å². The molecule has 1 unspecified atom stereocenters. The molecule has 0 fully saturated rings. The number of methoxy groups -OCH3 is 1. The first-order valence-corrected chi connectivity index (χ1v) is 4.76. The van der Waals surface area contributed by atoms with Crippen molar-refractivity contribution in [1.29, 1.82) is 0 Å². The smallest absolute Gasteiger partial charge is 0.339 e. The van der Waals surface area contributed by atoms with Gasteiger partial charge in [-0.2, -0.15) is 0 Å². The van der Waals surface area contributed by atoms with Gasteiger partial charge in [-0.15, -0.1) is 0 Å². The third-order valence-corrected chi connectivity index (χ3v) is 2.75. The van der Waals surface area contributed by atoms with Crippen LogP contribution in [-0.4, -0.2) is 23.3 Å². The molecule has 0 heterocycles. The van der Waals surface area contributed by atoms with Gasteiger partial charge >= 0.3 is 5.97 Å². The number of carboxylic acids is 1. The summed E-state index contributed by atoms with van der Waals surface area (Å²) < 4.78 is 4.99. The minimum atomic E-state index is -1.05. The Morgan fingerprint density at radius 3 is 2.87 bits per heavy atom. The van der Waals surface area contributed by atoms with Crippen LogP contribution in [0.4, 0.5) is 0 Å². The van der Waals surface area contributed by atoms with E-state index in [-0.39, 0.29) is 5.56 Å². The molecule has 0 radical (unpaired) electrons. The summed E-state index contributed by atoms with van der Waals surface area (Å²) >= 11 is 0. The van der Waals surface area contributed by atoms with Crippen molar-refractivity contribution in [3.8, 4) is 5.75 Å². The average molecular weight is 208 g/mol. The first-order valence-electron chi connectivity index (χ1n) is 4.76. The number of aromatic carboxylic acids is 1. The Bertz CT molecular complexity index is 411. The van der Waals surface area contributed by atoms with Crippen LogP contribution in [0, 0.1) is 0 Å². The van der Waals surface area contributed by atoms with Crippen LogP contribution in [0.1, 0.15) is 34.0 Å². The number of fused-ring (bicyclic) bond motifs is 1. The summed E-state index contributed by atoms with van der Waals surface area (Å²) in [4.78, 5) is 11.1. The van der Waals surface area contributed by atoms with Crippen molar-refractivity contribution in [3.63, 3.8) is 0 Å². The molecule has 0 spiro atoms. The summed E-state index contributed by atoms with van der Waals surface area (Å²) in [6, 6.07) is 3.46. The zero-order valence-electron chi connectivity index (χ0n) is 8.36. The highest BCUT2D eigenvalue weighted by Crippen LogP contribution is 2.37. The lowest BCUT2D eigenvalue weighted by Gasteiger charge is -2.12. The average Bonchev–Trinajstić information content (AvgIpc) is 2.59. The van der Waals surface area contributed by atoms with Crippen molar-refractivity contribution in [2.75, 3.05) is 7.11 Å². The summed E-state index contributed by atoms with van der Waals surface area (Å²) in [5.41, 5.74) is 1.52. The fourth-order valence-electron chi connectivity index (χ4n) is 2.07. The first kappa shape index (κ1) is 9.98. The number of benzene rings is 1. The van der Waals surface area contributed by atoms with Crippen LogP contribution in [0.15, 0.2) is 12.1 Å². The van der Waals surface area contributed by atoms with Crippen LogP contribution in [0.2, 0.25) is 0 Å². The summed E-state index contributed by atoms with van der Waals surface area (Å²) in [5, 5.41) is 18.8. The lowest BCUT2D eigenvalue weighted by molar-refractivity contribution is 0.0686. The van der Waals surface area contributed by atoms with Crippen LogP contribution in [-0.2, 0) is 6.42 Å². The molecule has 1 aliphatic rings. The standard InChI is InChI=1S/C11H12O4/c1-15-8-5-3-6-2-4-7(12)9(6)10(8)11(13)14/h3,5,7,12H,2,4H2,1H3,(H,13,14). The Morgan fingerprint density at radius 2 is 2.27 bits per heavy atom. The van der Waals surface area contributed by atoms with Gasteiger partial charge in [0, 0.05) is 5.56 Å². The number of carbonyl (C=O) groups is 1. The fourth-order valence-corrected chi connectivity index (χ4v) is 2.07. The SMILES string of the molecule is COc1ccc2c(c1C(=O)O)C(O)CC2.